The highest BCUT2D eigenvalue weighted by atomic mass is 79.9. The summed E-state index contributed by atoms with van der Waals surface area (Å²) in [5.74, 6) is 0.270. The molecule has 1 aromatic heterocycles. The number of halogens is 1. The number of aromatic nitrogens is 2. The molecule has 0 unspecified atom stereocenters. The van der Waals surface area contributed by atoms with Gasteiger partial charge in [0.15, 0.2) is 5.69 Å². The maximum Gasteiger partial charge on any atom is 0.355 e. The lowest BCUT2D eigenvalue weighted by atomic mass is 10.4. The molecule has 1 aromatic rings. The first-order chi connectivity index (χ1) is 8.16. The molecule has 0 amide bonds. The van der Waals surface area contributed by atoms with Crippen LogP contribution < -0.4 is 0 Å². The summed E-state index contributed by atoms with van der Waals surface area (Å²) in [5, 5.41) is 9.63. The first-order valence-electron chi connectivity index (χ1n) is 5.53. The number of hydrogen-bond acceptors (Lipinski definition) is 4. The summed E-state index contributed by atoms with van der Waals surface area (Å²) in [7, 11) is 0. The average molecular weight is 317 g/mol. The first-order valence-corrected chi connectivity index (χ1v) is 7.37. The molecular formula is C11H13BrN2O2S. The van der Waals surface area contributed by atoms with Crippen molar-refractivity contribution in [3.8, 4) is 0 Å². The summed E-state index contributed by atoms with van der Waals surface area (Å²) >= 11 is 4.97. The molecule has 1 saturated carbocycles. The van der Waals surface area contributed by atoms with Crippen molar-refractivity contribution in [1.82, 2.24) is 9.97 Å². The number of carbonyl (C=O) groups is 1. The van der Waals surface area contributed by atoms with Crippen LogP contribution in [0.5, 0.6) is 0 Å². The lowest BCUT2D eigenvalue weighted by Gasteiger charge is -2.08. The Hall–Kier alpha value is -0.620. The van der Waals surface area contributed by atoms with Gasteiger partial charge in [-0.25, -0.2) is 14.8 Å². The lowest BCUT2D eigenvalue weighted by Crippen LogP contribution is -2.06. The van der Waals surface area contributed by atoms with Gasteiger partial charge in [-0.3, -0.25) is 0 Å². The van der Waals surface area contributed by atoms with E-state index in [0.717, 1.165) is 0 Å². The fourth-order valence-electron chi connectivity index (χ4n) is 1.87. The van der Waals surface area contributed by atoms with Crippen LogP contribution in [-0.4, -0.2) is 26.3 Å². The van der Waals surface area contributed by atoms with Crippen LogP contribution in [0.15, 0.2) is 10.7 Å². The van der Waals surface area contributed by atoms with Crippen molar-refractivity contribution in [2.24, 2.45) is 0 Å². The Morgan fingerprint density at radius 1 is 1.53 bits per heavy atom. The molecule has 1 aliphatic carbocycles. The second kappa shape index (κ2) is 5.82. The normalized spacial score (nSPS) is 16.3. The number of rotatable bonds is 4. The van der Waals surface area contributed by atoms with E-state index in [-0.39, 0.29) is 5.69 Å². The third-order valence-corrected chi connectivity index (χ3v) is 4.69. The average Bonchev–Trinajstić information content (AvgIpc) is 2.80. The summed E-state index contributed by atoms with van der Waals surface area (Å²) < 4.78 is 0.430. The van der Waals surface area contributed by atoms with Crippen molar-refractivity contribution < 1.29 is 9.90 Å². The van der Waals surface area contributed by atoms with Crippen molar-refractivity contribution in [2.45, 2.75) is 36.7 Å². The van der Waals surface area contributed by atoms with Gasteiger partial charge in [0.1, 0.15) is 5.82 Å². The van der Waals surface area contributed by atoms with E-state index in [2.05, 4.69) is 25.9 Å². The van der Waals surface area contributed by atoms with Crippen molar-refractivity contribution in [3.05, 3.63) is 22.2 Å². The highest BCUT2D eigenvalue weighted by Crippen LogP contribution is 2.31. The zero-order valence-corrected chi connectivity index (χ0v) is 11.6. The van der Waals surface area contributed by atoms with Crippen molar-refractivity contribution >= 4 is 33.7 Å². The van der Waals surface area contributed by atoms with E-state index < -0.39 is 5.97 Å². The summed E-state index contributed by atoms with van der Waals surface area (Å²) in [4.78, 5) is 19.1. The molecule has 0 aromatic carbocycles. The number of thioether (sulfide) groups is 1. The topological polar surface area (TPSA) is 63.1 Å². The smallest absolute Gasteiger partial charge is 0.355 e. The lowest BCUT2D eigenvalue weighted by molar-refractivity contribution is 0.0689. The highest BCUT2D eigenvalue weighted by Gasteiger charge is 2.17. The molecule has 1 fully saturated rings. The van der Waals surface area contributed by atoms with E-state index in [1.165, 1.54) is 31.9 Å². The number of carboxylic acids is 1. The quantitative estimate of drug-likeness (QED) is 0.924. The molecule has 0 atom stereocenters. The van der Waals surface area contributed by atoms with Gasteiger partial charge >= 0.3 is 5.97 Å². The van der Waals surface area contributed by atoms with Crippen LogP contribution in [0.2, 0.25) is 0 Å². The molecule has 0 radical (unpaired) electrons. The van der Waals surface area contributed by atoms with E-state index in [9.17, 15) is 4.79 Å². The maximum atomic E-state index is 10.9. The van der Waals surface area contributed by atoms with Crippen LogP contribution in [0.1, 0.15) is 42.0 Å². The van der Waals surface area contributed by atoms with Crippen LogP contribution in [0.3, 0.4) is 0 Å². The number of hydrogen-bond donors (Lipinski definition) is 1. The Labute approximate surface area is 112 Å². The molecule has 1 heterocycles. The van der Waals surface area contributed by atoms with Crippen LogP contribution in [0.4, 0.5) is 0 Å². The van der Waals surface area contributed by atoms with E-state index in [0.29, 0.717) is 21.3 Å². The Balaban J connectivity index is 2.00. The summed E-state index contributed by atoms with van der Waals surface area (Å²) in [5.41, 5.74) is 0.0435. The number of carboxylic acid groups (broad SMARTS) is 1. The molecule has 4 nitrogen and oxygen atoms in total. The van der Waals surface area contributed by atoms with Crippen molar-refractivity contribution in [2.75, 3.05) is 0 Å². The number of nitrogens with zero attached hydrogens (tertiary/aromatic N) is 2. The minimum Gasteiger partial charge on any atom is -0.476 e. The predicted octanol–water partition coefficient (Wildman–Crippen LogP) is 3.11. The van der Waals surface area contributed by atoms with Crippen LogP contribution in [0.25, 0.3) is 0 Å². The molecule has 1 N–H and O–H groups in total. The second-order valence-electron chi connectivity index (χ2n) is 4.01. The highest BCUT2D eigenvalue weighted by molar-refractivity contribution is 9.10. The fraction of sp³-hybridized carbons (Fsp3) is 0.545. The SMILES string of the molecule is O=C(O)c1nc(CSC2CCCC2)ncc1Br. The summed E-state index contributed by atoms with van der Waals surface area (Å²) in [6.07, 6.45) is 6.64. The van der Waals surface area contributed by atoms with Crippen molar-refractivity contribution in [1.29, 1.82) is 0 Å². The Morgan fingerprint density at radius 3 is 2.88 bits per heavy atom. The van der Waals surface area contributed by atoms with Gasteiger partial charge in [0.25, 0.3) is 0 Å². The fourth-order valence-corrected chi connectivity index (χ4v) is 3.42. The van der Waals surface area contributed by atoms with Gasteiger partial charge in [-0.15, -0.1) is 0 Å². The Morgan fingerprint density at radius 2 is 2.24 bits per heavy atom. The zero-order chi connectivity index (χ0) is 12.3. The first kappa shape index (κ1) is 12.8. The van der Waals surface area contributed by atoms with Gasteiger partial charge in [-0.2, -0.15) is 11.8 Å². The second-order valence-corrected chi connectivity index (χ2v) is 6.15. The molecule has 0 saturated heterocycles. The van der Waals surface area contributed by atoms with Crippen molar-refractivity contribution in [3.63, 3.8) is 0 Å². The van der Waals surface area contributed by atoms with Gasteiger partial charge in [-0.1, -0.05) is 12.8 Å². The minimum absolute atomic E-state index is 0.0435. The van der Waals surface area contributed by atoms with Gasteiger partial charge in [0, 0.05) is 11.4 Å². The molecule has 6 heteroatoms. The van der Waals surface area contributed by atoms with Crippen LogP contribution in [0, 0.1) is 0 Å². The number of aromatic carboxylic acids is 1. The van der Waals surface area contributed by atoms with Gasteiger partial charge < -0.3 is 5.11 Å². The van der Waals surface area contributed by atoms with Crippen LogP contribution >= 0.6 is 27.7 Å². The van der Waals surface area contributed by atoms with E-state index in [4.69, 9.17) is 5.11 Å². The molecule has 0 aliphatic heterocycles. The monoisotopic (exact) mass is 316 g/mol. The van der Waals surface area contributed by atoms with Gasteiger partial charge in [0.05, 0.1) is 10.2 Å². The molecule has 17 heavy (non-hydrogen) atoms. The molecular weight excluding hydrogens is 304 g/mol. The maximum absolute atomic E-state index is 10.9. The van der Waals surface area contributed by atoms with Gasteiger partial charge in [0.2, 0.25) is 0 Å². The summed E-state index contributed by atoms with van der Waals surface area (Å²) in [6.45, 7) is 0. The van der Waals surface area contributed by atoms with E-state index in [1.54, 1.807) is 0 Å². The standard InChI is InChI=1S/C11H13BrN2O2S/c12-8-5-13-9(14-10(8)11(15)16)6-17-7-3-1-2-4-7/h5,7H,1-4,6H2,(H,15,16). The van der Waals surface area contributed by atoms with Gasteiger partial charge in [-0.05, 0) is 28.8 Å². The minimum atomic E-state index is -1.02. The largest absolute Gasteiger partial charge is 0.476 e. The molecule has 92 valence electrons. The van der Waals surface area contributed by atoms with Crippen LogP contribution in [-0.2, 0) is 5.75 Å². The third-order valence-electron chi connectivity index (χ3n) is 2.75. The molecule has 0 bridgehead atoms. The Kier molecular flexibility index (Phi) is 4.39. The van der Waals surface area contributed by atoms with E-state index >= 15 is 0 Å². The Bertz CT molecular complexity index is 422. The molecule has 0 spiro atoms. The third kappa shape index (κ3) is 3.42. The summed E-state index contributed by atoms with van der Waals surface area (Å²) in [6, 6.07) is 0. The zero-order valence-electron chi connectivity index (χ0n) is 9.23. The van der Waals surface area contributed by atoms with E-state index in [1.807, 2.05) is 11.8 Å². The molecule has 2 rings (SSSR count). The predicted molar refractivity (Wildman–Crippen MR) is 70.2 cm³/mol. The molecule has 1 aliphatic rings.